The van der Waals surface area contributed by atoms with Crippen LogP contribution in [0, 0.1) is 0 Å². The van der Waals surface area contributed by atoms with Crippen molar-refractivity contribution in [3.8, 4) is 55.6 Å². The van der Waals surface area contributed by atoms with Gasteiger partial charge in [0.1, 0.15) is 33.5 Å². The minimum atomic E-state index is 0.839. The quantitative estimate of drug-likeness (QED) is 0.175. The molecule has 0 spiro atoms. The van der Waals surface area contributed by atoms with Crippen LogP contribution in [0.25, 0.3) is 132 Å². The maximum absolute atomic E-state index is 6.77. The zero-order chi connectivity index (χ0) is 40.0. The van der Waals surface area contributed by atoms with E-state index in [1.54, 1.807) is 0 Å². The minimum Gasteiger partial charge on any atom is -0.456 e. The molecule has 0 atom stereocenters. The molecule has 0 aliphatic carbocycles. The summed E-state index contributed by atoms with van der Waals surface area (Å²) in [7, 11) is 0. The molecule has 0 radical (unpaired) electrons. The average Bonchev–Trinajstić information content (AvgIpc) is 4.03. The van der Waals surface area contributed by atoms with E-state index in [0.29, 0.717) is 0 Å². The molecule has 0 aliphatic heterocycles. The normalized spacial score (nSPS) is 11.9. The summed E-state index contributed by atoms with van der Waals surface area (Å²) in [6.45, 7) is 0. The highest BCUT2D eigenvalue weighted by Crippen LogP contribution is 2.46. The summed E-state index contributed by atoms with van der Waals surface area (Å²) >= 11 is 0. The van der Waals surface area contributed by atoms with Gasteiger partial charge in [0, 0.05) is 37.7 Å². The van der Waals surface area contributed by atoms with Gasteiger partial charge in [-0.25, -0.2) is 0 Å². The lowest BCUT2D eigenvalue weighted by atomic mass is 9.88. The summed E-state index contributed by atoms with van der Waals surface area (Å²) in [5, 5.41) is 8.81. The van der Waals surface area contributed by atoms with Crippen molar-refractivity contribution in [3.05, 3.63) is 206 Å². The van der Waals surface area contributed by atoms with Crippen molar-refractivity contribution in [2.24, 2.45) is 0 Å². The van der Waals surface area contributed by atoms with Crippen molar-refractivity contribution >= 4 is 76.6 Å². The third-order valence-electron chi connectivity index (χ3n) is 12.4. The van der Waals surface area contributed by atoms with Crippen LogP contribution < -0.4 is 0 Å². The van der Waals surface area contributed by atoms with Crippen LogP contribution in [0.2, 0.25) is 0 Å². The highest BCUT2D eigenvalue weighted by Gasteiger charge is 2.21. The van der Waals surface area contributed by atoms with Gasteiger partial charge in [0.25, 0.3) is 0 Å². The molecular formula is C58H34O3. The SMILES string of the molecule is c1ccc(-c2ccc(-c3cc(-c4ccc5c(c4)oc4ccccc45)cc(-c4cc(-c5cc6ccccc6c6oc7ccccc7c56)cc5oc6ccccc6c45)c3)cc2)cc1. The molecule has 0 fully saturated rings. The Balaban J connectivity index is 1.09. The average molecular weight is 779 g/mol. The Kier molecular flexibility index (Phi) is 7.31. The van der Waals surface area contributed by atoms with Crippen LogP contribution in [0.4, 0.5) is 0 Å². The van der Waals surface area contributed by atoms with Crippen LogP contribution in [0.1, 0.15) is 0 Å². The van der Waals surface area contributed by atoms with Gasteiger partial charge in [0.2, 0.25) is 0 Å². The molecule has 3 heteroatoms. The largest absolute Gasteiger partial charge is 0.456 e. The number of hydrogen-bond acceptors (Lipinski definition) is 3. The number of fused-ring (bicyclic) bond motifs is 11. The smallest absolute Gasteiger partial charge is 0.143 e. The Bertz CT molecular complexity index is 3860. The van der Waals surface area contributed by atoms with Gasteiger partial charge in [-0.1, -0.05) is 140 Å². The maximum Gasteiger partial charge on any atom is 0.143 e. The topological polar surface area (TPSA) is 39.4 Å². The van der Waals surface area contributed by atoms with Crippen LogP contribution in [-0.2, 0) is 0 Å². The minimum absolute atomic E-state index is 0.839. The fourth-order valence-electron chi connectivity index (χ4n) is 9.53. The molecule has 0 unspecified atom stereocenters. The Morgan fingerprint density at radius 1 is 0.230 bits per heavy atom. The van der Waals surface area contributed by atoms with Crippen LogP contribution in [-0.4, -0.2) is 0 Å². The lowest BCUT2D eigenvalue weighted by Crippen LogP contribution is -1.89. The molecule has 61 heavy (non-hydrogen) atoms. The van der Waals surface area contributed by atoms with Crippen molar-refractivity contribution in [1.29, 1.82) is 0 Å². The lowest BCUT2D eigenvalue weighted by molar-refractivity contribution is 0.668. The second-order valence-corrected chi connectivity index (χ2v) is 16.0. The summed E-state index contributed by atoms with van der Waals surface area (Å²) in [4.78, 5) is 0. The number of furan rings is 3. The molecule has 3 nitrogen and oxygen atoms in total. The van der Waals surface area contributed by atoms with Crippen molar-refractivity contribution in [1.82, 2.24) is 0 Å². The monoisotopic (exact) mass is 778 g/mol. The predicted molar refractivity (Wildman–Crippen MR) is 253 cm³/mol. The van der Waals surface area contributed by atoms with Gasteiger partial charge in [-0.2, -0.15) is 0 Å². The van der Waals surface area contributed by atoms with Crippen LogP contribution in [0.15, 0.2) is 220 Å². The number of rotatable bonds is 5. The van der Waals surface area contributed by atoms with E-state index in [1.165, 1.54) is 11.1 Å². The van der Waals surface area contributed by atoms with Crippen molar-refractivity contribution in [3.63, 3.8) is 0 Å². The first-order chi connectivity index (χ1) is 30.2. The predicted octanol–water partition coefficient (Wildman–Crippen LogP) is 16.9. The fourth-order valence-corrected chi connectivity index (χ4v) is 9.53. The van der Waals surface area contributed by atoms with E-state index in [-0.39, 0.29) is 0 Å². The van der Waals surface area contributed by atoms with E-state index < -0.39 is 0 Å². The molecular weight excluding hydrogens is 745 g/mol. The second kappa shape index (κ2) is 13.2. The summed E-state index contributed by atoms with van der Waals surface area (Å²) in [6.07, 6.45) is 0. The molecule has 13 aromatic rings. The summed E-state index contributed by atoms with van der Waals surface area (Å²) in [5.74, 6) is 0. The third-order valence-corrected chi connectivity index (χ3v) is 12.4. The molecule has 13 rings (SSSR count). The highest BCUT2D eigenvalue weighted by atomic mass is 16.3. The molecule has 3 aromatic heterocycles. The van der Waals surface area contributed by atoms with E-state index >= 15 is 0 Å². The number of para-hydroxylation sites is 3. The molecule has 0 aliphatic rings. The van der Waals surface area contributed by atoms with Crippen molar-refractivity contribution in [2.45, 2.75) is 0 Å². The van der Waals surface area contributed by atoms with Crippen LogP contribution >= 0.6 is 0 Å². The van der Waals surface area contributed by atoms with Gasteiger partial charge in [0.05, 0.1) is 0 Å². The third kappa shape index (κ3) is 5.38. The van der Waals surface area contributed by atoms with Gasteiger partial charge in [-0.3, -0.25) is 0 Å². The summed E-state index contributed by atoms with van der Waals surface area (Å²) < 4.78 is 19.9. The van der Waals surface area contributed by atoms with Gasteiger partial charge >= 0.3 is 0 Å². The molecule has 0 N–H and O–H groups in total. The number of hydrogen-bond donors (Lipinski definition) is 0. The van der Waals surface area contributed by atoms with E-state index in [0.717, 1.165) is 121 Å². The van der Waals surface area contributed by atoms with Gasteiger partial charge in [-0.15, -0.1) is 0 Å². The Morgan fingerprint density at radius 2 is 0.705 bits per heavy atom. The van der Waals surface area contributed by atoms with Gasteiger partial charge in [0.15, 0.2) is 0 Å². The molecule has 0 bridgehead atoms. The molecule has 10 aromatic carbocycles. The Morgan fingerprint density at radius 3 is 1.48 bits per heavy atom. The van der Waals surface area contributed by atoms with Crippen molar-refractivity contribution in [2.75, 3.05) is 0 Å². The molecule has 0 saturated heterocycles. The Hall–Kier alpha value is -8.14. The first-order valence-electron chi connectivity index (χ1n) is 20.7. The van der Waals surface area contributed by atoms with Gasteiger partial charge in [-0.05, 0) is 128 Å². The standard InChI is InChI=1S/C58H34O3/c1-2-12-35(13-3-1)36-22-24-37(25-23-36)40-28-41(38-26-27-46-45-16-6-9-19-51(45)59-54(46)33-38)30-42(29-40)49-32-43(34-55-56(49)47-17-7-10-20-52(47)60-55)50-31-39-14-4-5-15-44(39)58-57(50)48-18-8-11-21-53(48)61-58/h1-34H. The molecule has 0 amide bonds. The zero-order valence-electron chi connectivity index (χ0n) is 32.9. The maximum atomic E-state index is 6.77. The highest BCUT2D eigenvalue weighted by molar-refractivity contribution is 6.22. The van der Waals surface area contributed by atoms with E-state index in [2.05, 4.69) is 182 Å². The fraction of sp³-hybridized carbons (Fsp3) is 0. The van der Waals surface area contributed by atoms with Crippen LogP contribution in [0.3, 0.4) is 0 Å². The first kappa shape index (κ1) is 33.8. The van der Waals surface area contributed by atoms with Gasteiger partial charge < -0.3 is 13.3 Å². The number of benzene rings is 10. The first-order valence-corrected chi connectivity index (χ1v) is 20.7. The van der Waals surface area contributed by atoms with Crippen LogP contribution in [0.5, 0.6) is 0 Å². The summed E-state index contributed by atoms with van der Waals surface area (Å²) in [5.41, 5.74) is 16.4. The van der Waals surface area contributed by atoms with Crippen molar-refractivity contribution < 1.29 is 13.3 Å². The van der Waals surface area contributed by atoms with E-state index in [1.807, 2.05) is 24.3 Å². The molecule has 3 heterocycles. The second-order valence-electron chi connectivity index (χ2n) is 16.0. The molecule has 284 valence electrons. The summed E-state index contributed by atoms with van der Waals surface area (Å²) in [6, 6.07) is 73.4. The van der Waals surface area contributed by atoms with E-state index in [4.69, 9.17) is 13.3 Å². The molecule has 0 saturated carbocycles. The Labute approximate surface area is 350 Å². The van der Waals surface area contributed by atoms with E-state index in [9.17, 15) is 0 Å². The lowest BCUT2D eigenvalue weighted by Gasteiger charge is -2.15. The zero-order valence-corrected chi connectivity index (χ0v) is 32.9.